The van der Waals surface area contributed by atoms with Crippen molar-refractivity contribution in [2.45, 2.75) is 89.8 Å². The number of hydrogen-bond donors (Lipinski definition) is 0. The van der Waals surface area contributed by atoms with Crippen LogP contribution in [0.4, 0.5) is 0 Å². The molecule has 2 aromatic carbocycles. The van der Waals surface area contributed by atoms with Gasteiger partial charge in [0, 0.05) is 19.0 Å². The van der Waals surface area contributed by atoms with Crippen molar-refractivity contribution in [2.75, 3.05) is 26.3 Å². The van der Waals surface area contributed by atoms with Gasteiger partial charge >= 0.3 is 5.97 Å². The van der Waals surface area contributed by atoms with Crippen molar-refractivity contribution in [3.63, 3.8) is 0 Å². The van der Waals surface area contributed by atoms with Crippen molar-refractivity contribution in [2.24, 2.45) is 17.8 Å². The zero-order valence-electron chi connectivity index (χ0n) is 25.8. The molecule has 2 heterocycles. The third-order valence-electron chi connectivity index (χ3n) is 7.68. The van der Waals surface area contributed by atoms with Crippen molar-refractivity contribution in [3.8, 4) is 0 Å². The number of nitrogens with zero attached hydrogens (tertiary/aromatic N) is 1. The molecule has 4 rings (SSSR count). The van der Waals surface area contributed by atoms with Gasteiger partial charge in [-0.3, -0.25) is 4.79 Å². The van der Waals surface area contributed by atoms with Crippen molar-refractivity contribution >= 4 is 16.0 Å². The lowest BCUT2D eigenvalue weighted by atomic mass is 9.90. The molecule has 2 fully saturated rings. The third kappa shape index (κ3) is 8.86. The maximum atomic E-state index is 14.0. The number of carbonyl (C=O) groups is 1. The fraction of sp³-hybridized carbons (Fsp3) is 0.606. The molecule has 42 heavy (non-hydrogen) atoms. The quantitative estimate of drug-likeness (QED) is 0.285. The summed E-state index contributed by atoms with van der Waals surface area (Å²) in [6, 6.07) is 16.9. The van der Waals surface area contributed by atoms with Crippen LogP contribution in [0, 0.1) is 24.7 Å². The largest absolute Gasteiger partial charge is 0.459 e. The van der Waals surface area contributed by atoms with Crippen LogP contribution in [0.15, 0.2) is 59.5 Å². The van der Waals surface area contributed by atoms with Crippen LogP contribution in [0.5, 0.6) is 0 Å². The number of hydrogen-bond acceptors (Lipinski definition) is 7. The van der Waals surface area contributed by atoms with E-state index < -0.39 is 21.7 Å². The van der Waals surface area contributed by atoms with Gasteiger partial charge in [-0.2, -0.15) is 4.31 Å². The average molecular weight is 602 g/mol. The number of esters is 1. The summed E-state index contributed by atoms with van der Waals surface area (Å²) in [6.45, 7) is 13.2. The lowest BCUT2D eigenvalue weighted by molar-refractivity contribution is -0.155. The molecule has 0 aromatic heterocycles. The topological polar surface area (TPSA) is 91.4 Å². The Morgan fingerprint density at radius 2 is 1.71 bits per heavy atom. The second-order valence-electron chi connectivity index (χ2n) is 13.0. The van der Waals surface area contributed by atoms with E-state index in [1.54, 1.807) is 12.1 Å². The Balaban J connectivity index is 1.63. The molecule has 5 atom stereocenters. The van der Waals surface area contributed by atoms with Crippen molar-refractivity contribution in [1.29, 1.82) is 0 Å². The van der Waals surface area contributed by atoms with Crippen molar-refractivity contribution in [3.05, 3.63) is 65.7 Å². The second kappa shape index (κ2) is 14.0. The summed E-state index contributed by atoms with van der Waals surface area (Å²) in [4.78, 5) is 13.7. The predicted molar refractivity (Wildman–Crippen MR) is 161 cm³/mol. The summed E-state index contributed by atoms with van der Waals surface area (Å²) in [5.41, 5.74) is 1.46. The highest BCUT2D eigenvalue weighted by molar-refractivity contribution is 7.89. The highest BCUT2D eigenvalue weighted by atomic mass is 32.2. The normalized spacial score (nSPS) is 22.3. The summed E-state index contributed by atoms with van der Waals surface area (Å²) in [5, 5.41) is 0. The molecule has 0 radical (unpaired) electrons. The molecule has 8 nitrogen and oxygen atoms in total. The van der Waals surface area contributed by atoms with Gasteiger partial charge < -0.3 is 18.9 Å². The minimum atomic E-state index is -3.82. The van der Waals surface area contributed by atoms with E-state index in [0.29, 0.717) is 26.2 Å². The number of ether oxygens (including phenoxy) is 4. The van der Waals surface area contributed by atoms with Gasteiger partial charge in [0.25, 0.3) is 0 Å². The number of sulfonamides is 1. The Bertz CT molecular complexity index is 1260. The Morgan fingerprint density at radius 3 is 2.36 bits per heavy atom. The SMILES string of the molecule is Cc1ccc(S(=O)(=O)N(CC(C)C)C[C@@H](OC(C)(C)C)[C@@H](CC(=O)O[C@H]2CO[C@H]3OCC[C@H]32)Cc2ccccc2)cc1. The summed E-state index contributed by atoms with van der Waals surface area (Å²) >= 11 is 0. The third-order valence-corrected chi connectivity index (χ3v) is 9.53. The lowest BCUT2D eigenvalue weighted by Gasteiger charge is -2.37. The van der Waals surface area contributed by atoms with E-state index in [2.05, 4.69) is 0 Å². The summed E-state index contributed by atoms with van der Waals surface area (Å²) in [5.74, 6) is -0.539. The van der Waals surface area contributed by atoms with Gasteiger partial charge in [0.2, 0.25) is 10.0 Å². The van der Waals surface area contributed by atoms with Crippen LogP contribution < -0.4 is 0 Å². The first kappa shape index (κ1) is 32.6. The van der Waals surface area contributed by atoms with Gasteiger partial charge in [-0.25, -0.2) is 8.42 Å². The number of carbonyl (C=O) groups excluding carboxylic acids is 1. The first-order chi connectivity index (χ1) is 19.8. The molecule has 9 heteroatoms. The zero-order valence-corrected chi connectivity index (χ0v) is 26.6. The van der Waals surface area contributed by atoms with E-state index in [9.17, 15) is 13.2 Å². The van der Waals surface area contributed by atoms with Gasteiger partial charge in [-0.15, -0.1) is 0 Å². The van der Waals surface area contributed by atoms with Crippen LogP contribution in [0.25, 0.3) is 0 Å². The monoisotopic (exact) mass is 601 g/mol. The highest BCUT2D eigenvalue weighted by Crippen LogP contribution is 2.34. The van der Waals surface area contributed by atoms with E-state index >= 15 is 0 Å². The molecule has 0 aliphatic carbocycles. The molecule has 2 aliphatic rings. The van der Waals surface area contributed by atoms with Crippen LogP contribution >= 0.6 is 0 Å². The molecule has 0 bridgehead atoms. The molecule has 0 spiro atoms. The number of rotatable bonds is 13. The Labute approximate surface area is 251 Å². The Morgan fingerprint density at radius 1 is 1.02 bits per heavy atom. The lowest BCUT2D eigenvalue weighted by Crippen LogP contribution is -2.46. The van der Waals surface area contributed by atoms with E-state index in [-0.39, 0.29) is 54.0 Å². The van der Waals surface area contributed by atoms with E-state index in [4.69, 9.17) is 18.9 Å². The van der Waals surface area contributed by atoms with Gasteiger partial charge in [-0.1, -0.05) is 61.9 Å². The van der Waals surface area contributed by atoms with Gasteiger partial charge in [0.1, 0.15) is 6.10 Å². The van der Waals surface area contributed by atoms with Crippen LogP contribution in [0.2, 0.25) is 0 Å². The van der Waals surface area contributed by atoms with Gasteiger partial charge in [0.05, 0.1) is 42.2 Å². The zero-order chi connectivity index (χ0) is 30.5. The summed E-state index contributed by atoms with van der Waals surface area (Å²) in [6.07, 6.45) is 0.198. The van der Waals surface area contributed by atoms with Crippen LogP contribution in [-0.2, 0) is 40.2 Å². The van der Waals surface area contributed by atoms with Gasteiger partial charge in [0.15, 0.2) is 6.29 Å². The Kier molecular flexibility index (Phi) is 10.9. The molecule has 0 amide bonds. The molecule has 2 aliphatic heterocycles. The molecule has 0 saturated carbocycles. The number of benzene rings is 2. The molecular formula is C33H47NO7S. The second-order valence-corrected chi connectivity index (χ2v) is 14.9. The maximum Gasteiger partial charge on any atom is 0.306 e. The van der Waals surface area contributed by atoms with Crippen molar-refractivity contribution < 1.29 is 32.2 Å². The smallest absolute Gasteiger partial charge is 0.306 e. The van der Waals surface area contributed by atoms with Crippen LogP contribution in [0.3, 0.4) is 0 Å². The number of fused-ring (bicyclic) bond motifs is 1. The van der Waals surface area contributed by atoms with Crippen LogP contribution in [0.1, 0.15) is 58.6 Å². The Hall–Kier alpha value is -2.30. The van der Waals surface area contributed by atoms with Crippen molar-refractivity contribution in [1.82, 2.24) is 4.31 Å². The molecule has 0 N–H and O–H groups in total. The predicted octanol–water partition coefficient (Wildman–Crippen LogP) is 5.38. The average Bonchev–Trinajstić information content (AvgIpc) is 3.52. The maximum absolute atomic E-state index is 14.0. The summed E-state index contributed by atoms with van der Waals surface area (Å²) < 4.78 is 53.3. The standard InChI is InChI=1S/C33H47NO7S/c1-23(2)20-34(42(36,37)27-14-12-24(3)13-15-27)21-29(41-33(4,5)6)26(18-25-10-8-7-9-11-25)19-31(35)40-30-22-39-32-28(30)16-17-38-32/h7-15,23,26,28-30,32H,16-22H2,1-6H3/t26-,28+,29-,30+,32-/m1/s1. The first-order valence-corrected chi connectivity index (χ1v) is 16.5. The number of aryl methyl sites for hydroxylation is 1. The molecular weight excluding hydrogens is 554 g/mol. The fourth-order valence-corrected chi connectivity index (χ4v) is 7.32. The van der Waals surface area contributed by atoms with E-state index in [1.165, 1.54) is 4.31 Å². The van der Waals surface area contributed by atoms with Crippen LogP contribution in [-0.4, -0.2) is 69.1 Å². The minimum absolute atomic E-state index is 0.0457. The molecule has 0 unspecified atom stereocenters. The van der Waals surface area contributed by atoms with E-state index in [0.717, 1.165) is 17.5 Å². The molecule has 2 aromatic rings. The first-order valence-electron chi connectivity index (χ1n) is 15.0. The van der Waals surface area contributed by atoms with Gasteiger partial charge in [-0.05, 0) is 64.2 Å². The highest BCUT2D eigenvalue weighted by Gasteiger charge is 2.44. The fourth-order valence-electron chi connectivity index (χ4n) is 5.71. The molecule has 232 valence electrons. The minimum Gasteiger partial charge on any atom is -0.459 e. The van der Waals surface area contributed by atoms with E-state index in [1.807, 2.05) is 84.0 Å². The molecule has 2 saturated heterocycles. The summed E-state index contributed by atoms with van der Waals surface area (Å²) in [7, 11) is -3.82.